The molecule has 1 nitrogen and oxygen atoms in total. The van der Waals surface area contributed by atoms with Crippen LogP contribution in [0.25, 0.3) is 0 Å². The summed E-state index contributed by atoms with van der Waals surface area (Å²) in [5, 5.41) is 2.95. The summed E-state index contributed by atoms with van der Waals surface area (Å²) in [6.07, 6.45) is 1.65. The van der Waals surface area contributed by atoms with E-state index in [1.807, 2.05) is 13.8 Å². The molecule has 0 heterocycles. The molecule has 0 fully saturated rings. The third-order valence-corrected chi connectivity index (χ3v) is 2.46. The molecule has 0 atom stereocenters. The fourth-order valence-corrected chi connectivity index (χ4v) is 1.68. The van der Waals surface area contributed by atoms with Gasteiger partial charge in [-0.2, -0.15) is 0 Å². The van der Waals surface area contributed by atoms with Crippen molar-refractivity contribution in [1.29, 1.82) is 0 Å². The molecule has 0 spiro atoms. The Morgan fingerprint density at radius 2 is 1.71 bits per heavy atom. The quantitative estimate of drug-likeness (QED) is 0.778. The zero-order chi connectivity index (χ0) is 10.7. The first-order valence-electron chi connectivity index (χ1n) is 4.34. The summed E-state index contributed by atoms with van der Waals surface area (Å²) in [6, 6.07) is 2.79. The molecular weight excluding hydrogens is 204 g/mol. The molecule has 0 aliphatic carbocycles. The Morgan fingerprint density at radius 3 is 2.07 bits per heavy atom. The maximum absolute atomic E-state index is 13.3. The number of benzene rings is 1. The van der Waals surface area contributed by atoms with Crippen LogP contribution in [0, 0.1) is 11.6 Å². The van der Waals surface area contributed by atoms with Gasteiger partial charge in [0.1, 0.15) is 11.6 Å². The molecule has 4 heteroatoms. The Morgan fingerprint density at radius 1 is 1.21 bits per heavy atom. The first-order chi connectivity index (χ1) is 6.54. The lowest BCUT2D eigenvalue weighted by Crippen LogP contribution is -2.10. The topological polar surface area (TPSA) is 12.0 Å². The Bertz CT molecular complexity index is 303. The summed E-state index contributed by atoms with van der Waals surface area (Å²) in [7, 11) is 0. The van der Waals surface area contributed by atoms with Gasteiger partial charge in [0.25, 0.3) is 0 Å². The van der Waals surface area contributed by atoms with Crippen LogP contribution in [0.3, 0.4) is 0 Å². The molecule has 1 N–H and O–H groups in total. The molecule has 0 unspecified atom stereocenters. The molecule has 0 radical (unpaired) electrons. The van der Waals surface area contributed by atoms with Crippen LogP contribution in [0.4, 0.5) is 14.5 Å². The van der Waals surface area contributed by atoms with Crippen molar-refractivity contribution in [2.24, 2.45) is 0 Å². The van der Waals surface area contributed by atoms with E-state index in [2.05, 4.69) is 5.32 Å². The van der Waals surface area contributed by atoms with E-state index in [-0.39, 0.29) is 10.9 Å². The molecule has 0 saturated heterocycles. The van der Waals surface area contributed by atoms with Gasteiger partial charge in [-0.1, -0.05) is 0 Å². The fraction of sp³-hybridized carbons (Fsp3) is 0.400. The van der Waals surface area contributed by atoms with Crippen molar-refractivity contribution >= 4 is 17.4 Å². The highest BCUT2D eigenvalue weighted by molar-refractivity contribution is 7.98. The second-order valence-corrected chi connectivity index (χ2v) is 4.09. The van der Waals surface area contributed by atoms with Gasteiger partial charge >= 0.3 is 0 Å². The molecule has 1 aromatic carbocycles. The first-order valence-corrected chi connectivity index (χ1v) is 5.56. The van der Waals surface area contributed by atoms with Gasteiger partial charge < -0.3 is 5.32 Å². The van der Waals surface area contributed by atoms with Crippen molar-refractivity contribution < 1.29 is 8.78 Å². The highest BCUT2D eigenvalue weighted by Crippen LogP contribution is 2.26. The smallest absolute Gasteiger partial charge is 0.141 e. The lowest BCUT2D eigenvalue weighted by Gasteiger charge is -2.11. The van der Waals surface area contributed by atoms with Crippen molar-refractivity contribution in [1.82, 2.24) is 0 Å². The predicted molar refractivity (Wildman–Crippen MR) is 56.9 cm³/mol. The molecule has 0 bridgehead atoms. The summed E-state index contributed by atoms with van der Waals surface area (Å²) in [4.78, 5) is 0.0688. The molecule has 1 aromatic rings. The Balaban J connectivity index is 3.01. The standard InChI is InChI=1S/C10H13F2NS/c1-6(2)13-7-4-8(11)10(14-3)9(12)5-7/h4-6,13H,1-3H3. The van der Waals surface area contributed by atoms with Crippen LogP contribution in [0.15, 0.2) is 17.0 Å². The van der Waals surface area contributed by atoms with Gasteiger partial charge in [0.05, 0.1) is 4.90 Å². The number of hydrogen-bond donors (Lipinski definition) is 1. The largest absolute Gasteiger partial charge is 0.383 e. The molecular formula is C10H13F2NS. The van der Waals surface area contributed by atoms with Crippen LogP contribution >= 0.6 is 11.8 Å². The molecule has 0 amide bonds. The van der Waals surface area contributed by atoms with E-state index in [1.165, 1.54) is 12.1 Å². The summed E-state index contributed by atoms with van der Waals surface area (Å²) < 4.78 is 26.5. The number of nitrogens with one attached hydrogen (secondary N) is 1. The second kappa shape index (κ2) is 4.64. The monoisotopic (exact) mass is 217 g/mol. The zero-order valence-corrected chi connectivity index (χ0v) is 9.21. The summed E-state index contributed by atoms with van der Waals surface area (Å²) >= 11 is 1.07. The van der Waals surface area contributed by atoms with E-state index >= 15 is 0 Å². The first kappa shape index (κ1) is 11.3. The average Bonchev–Trinajstić information content (AvgIpc) is 2.01. The average molecular weight is 217 g/mol. The van der Waals surface area contributed by atoms with E-state index in [1.54, 1.807) is 6.26 Å². The molecule has 1 rings (SSSR count). The lowest BCUT2D eigenvalue weighted by atomic mass is 10.2. The minimum Gasteiger partial charge on any atom is -0.383 e. The van der Waals surface area contributed by atoms with Crippen LogP contribution < -0.4 is 5.32 Å². The molecule has 78 valence electrons. The van der Waals surface area contributed by atoms with Crippen molar-refractivity contribution in [3.8, 4) is 0 Å². The van der Waals surface area contributed by atoms with Gasteiger partial charge in [0, 0.05) is 11.7 Å². The van der Waals surface area contributed by atoms with Crippen LogP contribution in [0.5, 0.6) is 0 Å². The number of thioether (sulfide) groups is 1. The summed E-state index contributed by atoms with van der Waals surface area (Å²) in [6.45, 7) is 3.83. The van der Waals surface area contributed by atoms with E-state index < -0.39 is 11.6 Å². The van der Waals surface area contributed by atoms with E-state index in [9.17, 15) is 8.78 Å². The second-order valence-electron chi connectivity index (χ2n) is 3.27. The summed E-state index contributed by atoms with van der Waals surface area (Å²) in [5.74, 6) is -1.03. The molecule has 0 aliphatic rings. The minimum atomic E-state index is -0.513. The summed E-state index contributed by atoms with van der Waals surface area (Å²) in [5.41, 5.74) is 0.479. The van der Waals surface area contributed by atoms with E-state index in [4.69, 9.17) is 0 Å². The normalized spacial score (nSPS) is 10.7. The van der Waals surface area contributed by atoms with Gasteiger partial charge in [-0.3, -0.25) is 0 Å². The van der Waals surface area contributed by atoms with Crippen LogP contribution in [-0.2, 0) is 0 Å². The highest BCUT2D eigenvalue weighted by Gasteiger charge is 2.10. The Kier molecular flexibility index (Phi) is 3.75. The van der Waals surface area contributed by atoms with Crippen LogP contribution in [0.2, 0.25) is 0 Å². The van der Waals surface area contributed by atoms with Crippen molar-refractivity contribution in [3.05, 3.63) is 23.8 Å². The number of hydrogen-bond acceptors (Lipinski definition) is 2. The van der Waals surface area contributed by atoms with Gasteiger partial charge in [-0.15, -0.1) is 11.8 Å². The Hall–Kier alpha value is -0.770. The van der Waals surface area contributed by atoms with Gasteiger partial charge in [-0.05, 0) is 32.2 Å². The predicted octanol–water partition coefficient (Wildman–Crippen LogP) is 3.51. The number of rotatable bonds is 3. The van der Waals surface area contributed by atoms with Crippen molar-refractivity contribution in [3.63, 3.8) is 0 Å². The van der Waals surface area contributed by atoms with Crippen LogP contribution in [-0.4, -0.2) is 12.3 Å². The fourth-order valence-electron chi connectivity index (χ4n) is 1.17. The Labute approximate surface area is 86.9 Å². The molecule has 0 aromatic heterocycles. The highest BCUT2D eigenvalue weighted by atomic mass is 32.2. The van der Waals surface area contributed by atoms with Gasteiger partial charge in [-0.25, -0.2) is 8.78 Å². The van der Waals surface area contributed by atoms with E-state index in [0.717, 1.165) is 11.8 Å². The molecule has 0 saturated carbocycles. The number of halogens is 2. The third-order valence-electron chi connectivity index (χ3n) is 1.66. The maximum Gasteiger partial charge on any atom is 0.141 e. The third kappa shape index (κ3) is 2.61. The maximum atomic E-state index is 13.3. The minimum absolute atomic E-state index is 0.0688. The SMILES string of the molecule is CSc1c(F)cc(NC(C)C)cc1F. The number of anilines is 1. The van der Waals surface area contributed by atoms with Gasteiger partial charge in [0.15, 0.2) is 0 Å². The zero-order valence-electron chi connectivity index (χ0n) is 8.40. The molecule has 14 heavy (non-hydrogen) atoms. The molecule has 0 aliphatic heterocycles. The van der Waals surface area contributed by atoms with E-state index in [0.29, 0.717) is 5.69 Å². The lowest BCUT2D eigenvalue weighted by molar-refractivity contribution is 0.541. The van der Waals surface area contributed by atoms with Crippen LogP contribution in [0.1, 0.15) is 13.8 Å². The van der Waals surface area contributed by atoms with Crippen molar-refractivity contribution in [2.75, 3.05) is 11.6 Å². The van der Waals surface area contributed by atoms with Crippen molar-refractivity contribution in [2.45, 2.75) is 24.8 Å². The van der Waals surface area contributed by atoms with Gasteiger partial charge in [0.2, 0.25) is 0 Å².